The van der Waals surface area contributed by atoms with Crippen molar-refractivity contribution in [2.45, 2.75) is 39.2 Å². The molecule has 2 N–H and O–H groups in total. The van der Waals surface area contributed by atoms with Crippen molar-refractivity contribution in [3.05, 3.63) is 29.8 Å². The molecule has 28 heavy (non-hydrogen) atoms. The van der Waals surface area contributed by atoms with Crippen molar-refractivity contribution in [1.29, 1.82) is 0 Å². The van der Waals surface area contributed by atoms with Gasteiger partial charge < -0.3 is 15.4 Å². The first kappa shape index (κ1) is 23.3. The van der Waals surface area contributed by atoms with E-state index in [-0.39, 0.29) is 35.1 Å². The SMILES string of the molecule is CCNC(=NCc1ccccc1OCC1CC1)NCC1(CS(C)(=O)=O)CC1.I. The standard InChI is InChI=1S/C20H31N3O3S.HI/c1-3-21-19(23-14-20(10-11-20)15-27(2,24)25)22-12-17-6-4-5-7-18(17)26-13-16-8-9-16;/h4-7,16H,3,8-15H2,1-2H3,(H2,21,22,23);1H. The predicted octanol–water partition coefficient (Wildman–Crippen LogP) is 2.97. The maximum absolute atomic E-state index is 11.6. The summed E-state index contributed by atoms with van der Waals surface area (Å²) in [7, 11) is -2.97. The molecule has 8 heteroatoms. The Hall–Kier alpha value is -1.03. The van der Waals surface area contributed by atoms with Crippen molar-refractivity contribution < 1.29 is 13.2 Å². The fourth-order valence-corrected chi connectivity index (χ4v) is 4.65. The number of hydrogen-bond acceptors (Lipinski definition) is 4. The molecule has 0 amide bonds. The Morgan fingerprint density at radius 1 is 1.25 bits per heavy atom. The first-order chi connectivity index (χ1) is 12.9. The van der Waals surface area contributed by atoms with Crippen LogP contribution >= 0.6 is 24.0 Å². The Labute approximate surface area is 185 Å². The van der Waals surface area contributed by atoms with Crippen LogP contribution in [0.1, 0.15) is 38.2 Å². The molecule has 0 bridgehead atoms. The molecule has 2 fully saturated rings. The van der Waals surface area contributed by atoms with E-state index in [0.29, 0.717) is 25.0 Å². The van der Waals surface area contributed by atoms with Crippen molar-refractivity contribution in [2.24, 2.45) is 16.3 Å². The van der Waals surface area contributed by atoms with Gasteiger partial charge in [0, 0.05) is 30.3 Å². The van der Waals surface area contributed by atoms with Gasteiger partial charge in [0.1, 0.15) is 15.6 Å². The third-order valence-electron chi connectivity index (χ3n) is 5.05. The highest BCUT2D eigenvalue weighted by molar-refractivity contribution is 14.0. The lowest BCUT2D eigenvalue weighted by atomic mass is 10.1. The first-order valence-electron chi connectivity index (χ1n) is 9.80. The van der Waals surface area contributed by atoms with Crippen LogP contribution in [0.4, 0.5) is 0 Å². The van der Waals surface area contributed by atoms with Gasteiger partial charge >= 0.3 is 0 Å². The van der Waals surface area contributed by atoms with Crippen molar-refractivity contribution >= 4 is 39.8 Å². The summed E-state index contributed by atoms with van der Waals surface area (Å²) in [5.41, 5.74) is 0.933. The molecule has 6 nitrogen and oxygen atoms in total. The number of sulfone groups is 1. The van der Waals surface area contributed by atoms with Gasteiger partial charge in [-0.2, -0.15) is 0 Å². The molecule has 3 rings (SSSR count). The molecule has 0 radical (unpaired) electrons. The molecule has 0 spiro atoms. The number of ether oxygens (including phenoxy) is 1. The molecular formula is C20H32IN3O3S. The van der Waals surface area contributed by atoms with E-state index in [1.807, 2.05) is 31.2 Å². The lowest BCUT2D eigenvalue weighted by Gasteiger charge is -2.18. The van der Waals surface area contributed by atoms with Crippen LogP contribution in [0.25, 0.3) is 0 Å². The fourth-order valence-electron chi connectivity index (χ4n) is 3.15. The maximum atomic E-state index is 11.6. The zero-order valence-corrected chi connectivity index (χ0v) is 19.9. The smallest absolute Gasteiger partial charge is 0.191 e. The van der Waals surface area contributed by atoms with E-state index in [0.717, 1.165) is 37.3 Å². The Morgan fingerprint density at radius 3 is 2.57 bits per heavy atom. The first-order valence-corrected chi connectivity index (χ1v) is 11.9. The maximum Gasteiger partial charge on any atom is 0.191 e. The number of halogens is 1. The normalized spacial score (nSPS) is 18.1. The summed E-state index contributed by atoms with van der Waals surface area (Å²) in [6.45, 7) is 4.71. The highest BCUT2D eigenvalue weighted by Gasteiger charge is 2.45. The zero-order valence-electron chi connectivity index (χ0n) is 16.7. The van der Waals surface area contributed by atoms with Crippen LogP contribution in [0.2, 0.25) is 0 Å². The average molecular weight is 521 g/mol. The summed E-state index contributed by atoms with van der Waals surface area (Å²) in [6.07, 6.45) is 5.74. The van der Waals surface area contributed by atoms with Crippen molar-refractivity contribution in [3.8, 4) is 5.75 Å². The number of nitrogens with one attached hydrogen (secondary N) is 2. The second kappa shape index (κ2) is 10.1. The molecule has 2 aliphatic rings. The zero-order chi connectivity index (χ0) is 19.3. The second-order valence-corrected chi connectivity index (χ2v) is 10.1. The summed E-state index contributed by atoms with van der Waals surface area (Å²) in [4.78, 5) is 4.68. The molecule has 158 valence electrons. The topological polar surface area (TPSA) is 79.8 Å². The minimum Gasteiger partial charge on any atom is -0.493 e. The van der Waals surface area contributed by atoms with Crippen LogP contribution in [0, 0.1) is 11.3 Å². The van der Waals surface area contributed by atoms with Gasteiger partial charge in [-0.3, -0.25) is 0 Å². The molecule has 1 aromatic carbocycles. The van der Waals surface area contributed by atoms with Gasteiger partial charge in [0.25, 0.3) is 0 Å². The number of hydrogen-bond donors (Lipinski definition) is 2. The molecule has 0 atom stereocenters. The monoisotopic (exact) mass is 521 g/mol. The van der Waals surface area contributed by atoms with E-state index in [4.69, 9.17) is 4.74 Å². The summed E-state index contributed by atoms with van der Waals surface area (Å²) in [5.74, 6) is 2.57. The van der Waals surface area contributed by atoms with Crippen LogP contribution in [0.3, 0.4) is 0 Å². The molecular weight excluding hydrogens is 489 g/mol. The fraction of sp³-hybridized carbons (Fsp3) is 0.650. The van der Waals surface area contributed by atoms with E-state index < -0.39 is 9.84 Å². The third-order valence-corrected chi connectivity index (χ3v) is 6.19. The molecule has 0 aliphatic heterocycles. The van der Waals surface area contributed by atoms with Gasteiger partial charge in [0.05, 0.1) is 18.9 Å². The van der Waals surface area contributed by atoms with Crippen molar-refractivity contribution in [2.75, 3.05) is 31.7 Å². The number of benzene rings is 1. The molecule has 1 aromatic rings. The summed E-state index contributed by atoms with van der Waals surface area (Å²) < 4.78 is 29.2. The molecule has 2 saturated carbocycles. The van der Waals surface area contributed by atoms with Gasteiger partial charge in [-0.1, -0.05) is 18.2 Å². The quantitative estimate of drug-likeness (QED) is 0.281. The van der Waals surface area contributed by atoms with E-state index in [1.165, 1.54) is 19.1 Å². The minimum atomic E-state index is -2.97. The Bertz CT molecular complexity index is 775. The highest BCUT2D eigenvalue weighted by Crippen LogP contribution is 2.46. The average Bonchev–Trinajstić information content (AvgIpc) is 3.52. The number of nitrogens with zero attached hydrogens (tertiary/aromatic N) is 1. The number of aliphatic imine (C=N–C) groups is 1. The Morgan fingerprint density at radius 2 is 1.96 bits per heavy atom. The Balaban J connectivity index is 0.00000280. The number of rotatable bonds is 10. The molecule has 0 aromatic heterocycles. The summed E-state index contributed by atoms with van der Waals surface area (Å²) in [5, 5.41) is 6.57. The summed E-state index contributed by atoms with van der Waals surface area (Å²) in [6, 6.07) is 8.03. The van der Waals surface area contributed by atoms with Crippen molar-refractivity contribution in [1.82, 2.24) is 10.6 Å². The van der Waals surface area contributed by atoms with Crippen LogP contribution < -0.4 is 15.4 Å². The van der Waals surface area contributed by atoms with Gasteiger partial charge in [-0.25, -0.2) is 13.4 Å². The third kappa shape index (κ3) is 7.77. The van der Waals surface area contributed by atoms with Gasteiger partial charge in [-0.15, -0.1) is 24.0 Å². The van der Waals surface area contributed by atoms with Crippen LogP contribution in [0.5, 0.6) is 5.75 Å². The molecule has 2 aliphatic carbocycles. The second-order valence-electron chi connectivity index (χ2n) is 7.98. The van der Waals surface area contributed by atoms with Crippen molar-refractivity contribution in [3.63, 3.8) is 0 Å². The van der Waals surface area contributed by atoms with E-state index in [2.05, 4.69) is 15.6 Å². The van der Waals surface area contributed by atoms with E-state index in [1.54, 1.807) is 0 Å². The molecule has 0 saturated heterocycles. The lowest BCUT2D eigenvalue weighted by Crippen LogP contribution is -2.41. The predicted molar refractivity (Wildman–Crippen MR) is 124 cm³/mol. The Kier molecular flexibility index (Phi) is 8.42. The lowest BCUT2D eigenvalue weighted by molar-refractivity contribution is 0.297. The van der Waals surface area contributed by atoms with Crippen LogP contribution in [0.15, 0.2) is 29.3 Å². The van der Waals surface area contributed by atoms with E-state index in [9.17, 15) is 8.42 Å². The summed E-state index contributed by atoms with van der Waals surface area (Å²) >= 11 is 0. The molecule has 0 unspecified atom stereocenters. The highest BCUT2D eigenvalue weighted by atomic mass is 127. The largest absolute Gasteiger partial charge is 0.493 e. The van der Waals surface area contributed by atoms with Crippen LogP contribution in [-0.4, -0.2) is 46.1 Å². The van der Waals surface area contributed by atoms with E-state index >= 15 is 0 Å². The minimum absolute atomic E-state index is 0. The number of para-hydroxylation sites is 1. The van der Waals surface area contributed by atoms with Gasteiger partial charge in [0.2, 0.25) is 0 Å². The van der Waals surface area contributed by atoms with Crippen LogP contribution in [-0.2, 0) is 16.4 Å². The molecule has 0 heterocycles. The van der Waals surface area contributed by atoms with Gasteiger partial charge in [-0.05, 0) is 44.6 Å². The van der Waals surface area contributed by atoms with Gasteiger partial charge in [0.15, 0.2) is 5.96 Å². The number of guanidine groups is 1.